The van der Waals surface area contributed by atoms with Crippen molar-refractivity contribution in [2.45, 2.75) is 117 Å². The molecule has 0 spiro atoms. The Labute approximate surface area is 184 Å². The van der Waals surface area contributed by atoms with Crippen LogP contribution in [0.5, 0.6) is 0 Å². The minimum atomic E-state index is -0.417. The molecule has 0 radical (unpaired) electrons. The maximum absolute atomic E-state index is 10.2. The lowest BCUT2D eigenvalue weighted by Gasteiger charge is -2.59. The van der Waals surface area contributed by atoms with Gasteiger partial charge in [0.25, 0.3) is 0 Å². The third-order valence-corrected chi connectivity index (χ3v) is 10.5. The molecular formula is C27H46O3. The summed E-state index contributed by atoms with van der Waals surface area (Å²) in [5, 5.41) is 20.3. The van der Waals surface area contributed by atoms with Crippen molar-refractivity contribution in [3.8, 4) is 0 Å². The van der Waals surface area contributed by atoms with Gasteiger partial charge in [-0.15, -0.1) is 0 Å². The SMILES string of the molecule is CC(C)CCC[C@](C)(OO)[C@H]1CC[C@H]2[C@@H]3CC=C4CC(O)CC[C@]4(C)[C@H]3CC[C@@]21C. The Balaban J connectivity index is 1.55. The van der Waals surface area contributed by atoms with E-state index in [0.29, 0.717) is 17.3 Å². The van der Waals surface area contributed by atoms with Crippen molar-refractivity contribution < 1.29 is 15.3 Å². The zero-order valence-corrected chi connectivity index (χ0v) is 20.1. The monoisotopic (exact) mass is 418 g/mol. The Kier molecular flexibility index (Phi) is 6.23. The van der Waals surface area contributed by atoms with E-state index in [1.54, 1.807) is 5.57 Å². The highest BCUT2D eigenvalue weighted by molar-refractivity contribution is 5.25. The number of allylic oxidation sites excluding steroid dienone is 1. The number of aliphatic hydroxyl groups is 1. The van der Waals surface area contributed by atoms with Gasteiger partial charge in [-0.3, -0.25) is 5.26 Å². The third-order valence-electron chi connectivity index (χ3n) is 10.5. The Morgan fingerprint density at radius 2 is 1.90 bits per heavy atom. The quantitative estimate of drug-likeness (QED) is 0.277. The number of rotatable bonds is 6. The van der Waals surface area contributed by atoms with Gasteiger partial charge in [0.05, 0.1) is 6.10 Å². The van der Waals surface area contributed by atoms with Crippen LogP contribution in [-0.2, 0) is 4.89 Å². The molecule has 0 aromatic carbocycles. The van der Waals surface area contributed by atoms with Crippen LogP contribution >= 0.6 is 0 Å². The van der Waals surface area contributed by atoms with E-state index in [1.165, 1.54) is 38.5 Å². The van der Waals surface area contributed by atoms with Crippen molar-refractivity contribution in [3.05, 3.63) is 11.6 Å². The van der Waals surface area contributed by atoms with Crippen molar-refractivity contribution in [3.63, 3.8) is 0 Å². The predicted octanol–water partition coefficient (Wildman–Crippen LogP) is 7.00. The summed E-state index contributed by atoms with van der Waals surface area (Å²) in [6, 6.07) is 0. The van der Waals surface area contributed by atoms with E-state index in [9.17, 15) is 10.4 Å². The molecule has 0 bridgehead atoms. The minimum absolute atomic E-state index is 0.126. The first-order valence-electron chi connectivity index (χ1n) is 12.8. The highest BCUT2D eigenvalue weighted by Crippen LogP contribution is 2.68. The molecule has 0 aromatic heterocycles. The molecule has 4 rings (SSSR count). The third kappa shape index (κ3) is 3.61. The van der Waals surface area contributed by atoms with E-state index in [-0.39, 0.29) is 11.5 Å². The van der Waals surface area contributed by atoms with Gasteiger partial charge in [0, 0.05) is 0 Å². The maximum Gasteiger partial charge on any atom is 0.104 e. The van der Waals surface area contributed by atoms with E-state index in [1.807, 2.05) is 0 Å². The molecule has 172 valence electrons. The summed E-state index contributed by atoms with van der Waals surface area (Å²) >= 11 is 0. The zero-order valence-electron chi connectivity index (χ0n) is 20.1. The fourth-order valence-electron chi connectivity index (χ4n) is 8.79. The van der Waals surface area contributed by atoms with E-state index < -0.39 is 5.60 Å². The molecule has 0 saturated heterocycles. The van der Waals surface area contributed by atoms with Gasteiger partial charge in [-0.1, -0.05) is 52.2 Å². The van der Waals surface area contributed by atoms with Gasteiger partial charge in [-0.2, -0.15) is 0 Å². The average molecular weight is 419 g/mol. The lowest BCUT2D eigenvalue weighted by molar-refractivity contribution is -0.343. The van der Waals surface area contributed by atoms with Gasteiger partial charge in [0.15, 0.2) is 0 Å². The van der Waals surface area contributed by atoms with E-state index in [4.69, 9.17) is 4.89 Å². The summed E-state index contributed by atoms with van der Waals surface area (Å²) in [5.74, 6) is 3.41. The Morgan fingerprint density at radius 1 is 1.13 bits per heavy atom. The van der Waals surface area contributed by atoms with E-state index in [0.717, 1.165) is 49.9 Å². The van der Waals surface area contributed by atoms with Crippen LogP contribution in [0.1, 0.15) is 105 Å². The summed E-state index contributed by atoms with van der Waals surface area (Å²) in [7, 11) is 0. The van der Waals surface area contributed by atoms with Gasteiger partial charge < -0.3 is 5.11 Å². The van der Waals surface area contributed by atoms with Gasteiger partial charge in [-0.05, 0) is 105 Å². The van der Waals surface area contributed by atoms with Crippen LogP contribution in [0.2, 0.25) is 0 Å². The highest BCUT2D eigenvalue weighted by Gasteiger charge is 2.61. The Bertz CT molecular complexity index is 656. The van der Waals surface area contributed by atoms with Crippen molar-refractivity contribution in [1.82, 2.24) is 0 Å². The fraction of sp³-hybridized carbons (Fsp3) is 0.926. The molecule has 8 atom stereocenters. The molecule has 30 heavy (non-hydrogen) atoms. The second-order valence-electron chi connectivity index (χ2n) is 12.5. The molecule has 3 saturated carbocycles. The lowest BCUT2D eigenvalue weighted by Crippen LogP contribution is -2.53. The molecule has 3 fully saturated rings. The molecule has 2 N–H and O–H groups in total. The summed E-state index contributed by atoms with van der Waals surface area (Å²) in [6.07, 6.45) is 14.9. The van der Waals surface area contributed by atoms with Crippen molar-refractivity contribution in [2.24, 2.45) is 40.4 Å². The van der Waals surface area contributed by atoms with E-state index in [2.05, 4.69) is 40.7 Å². The number of fused-ring (bicyclic) bond motifs is 5. The van der Waals surface area contributed by atoms with Crippen molar-refractivity contribution in [2.75, 3.05) is 0 Å². The van der Waals surface area contributed by atoms with Crippen molar-refractivity contribution in [1.29, 1.82) is 0 Å². The summed E-state index contributed by atoms with van der Waals surface area (Å²) < 4.78 is 0. The second-order valence-corrected chi connectivity index (χ2v) is 12.5. The number of aliphatic hydroxyl groups excluding tert-OH is 1. The van der Waals surface area contributed by atoms with Crippen LogP contribution in [-0.4, -0.2) is 22.1 Å². The molecule has 3 nitrogen and oxygen atoms in total. The van der Waals surface area contributed by atoms with Crippen LogP contribution in [0, 0.1) is 40.4 Å². The predicted molar refractivity (Wildman–Crippen MR) is 122 cm³/mol. The number of hydrogen-bond acceptors (Lipinski definition) is 3. The summed E-state index contributed by atoms with van der Waals surface area (Å²) in [5.41, 5.74) is 1.71. The van der Waals surface area contributed by atoms with Crippen molar-refractivity contribution >= 4 is 0 Å². The highest BCUT2D eigenvalue weighted by atomic mass is 17.1. The van der Waals surface area contributed by atoms with Crippen LogP contribution in [0.3, 0.4) is 0 Å². The van der Waals surface area contributed by atoms with Gasteiger partial charge in [-0.25, -0.2) is 4.89 Å². The lowest BCUT2D eigenvalue weighted by atomic mass is 9.46. The first kappa shape index (κ1) is 22.8. The van der Waals surface area contributed by atoms with Gasteiger partial charge in [0.2, 0.25) is 0 Å². The second kappa shape index (κ2) is 8.19. The number of hydrogen-bond donors (Lipinski definition) is 2. The molecule has 4 aliphatic carbocycles. The zero-order chi connectivity index (χ0) is 21.7. The normalized spacial score (nSPS) is 45.3. The molecule has 0 aliphatic heterocycles. The van der Waals surface area contributed by atoms with Crippen LogP contribution in [0.25, 0.3) is 0 Å². The van der Waals surface area contributed by atoms with Gasteiger partial charge in [0.1, 0.15) is 5.60 Å². The summed E-state index contributed by atoms with van der Waals surface area (Å²) in [6.45, 7) is 11.8. The van der Waals surface area contributed by atoms with Crippen LogP contribution in [0.15, 0.2) is 11.6 Å². The molecule has 0 heterocycles. The molecular weight excluding hydrogens is 372 g/mol. The molecule has 1 unspecified atom stereocenters. The minimum Gasteiger partial charge on any atom is -0.393 e. The molecule has 3 heteroatoms. The maximum atomic E-state index is 10.2. The molecule has 0 aromatic rings. The van der Waals surface area contributed by atoms with Crippen LogP contribution < -0.4 is 0 Å². The first-order chi connectivity index (χ1) is 14.1. The first-order valence-corrected chi connectivity index (χ1v) is 12.8. The van der Waals surface area contributed by atoms with Gasteiger partial charge >= 0.3 is 0 Å². The Morgan fingerprint density at radius 3 is 2.60 bits per heavy atom. The largest absolute Gasteiger partial charge is 0.393 e. The fourth-order valence-corrected chi connectivity index (χ4v) is 8.79. The smallest absolute Gasteiger partial charge is 0.104 e. The molecule has 0 amide bonds. The summed E-state index contributed by atoms with van der Waals surface area (Å²) in [4.78, 5) is 5.33. The molecule has 4 aliphatic rings. The van der Waals surface area contributed by atoms with E-state index >= 15 is 0 Å². The average Bonchev–Trinajstić information content (AvgIpc) is 3.06. The topological polar surface area (TPSA) is 49.7 Å². The Hall–Kier alpha value is -0.380. The standard InChI is InChI=1S/C27H46O3/c1-18(2)7-6-14-27(5,30-29)24-11-10-22-21-9-8-19-17-20(28)12-15-25(19,3)23(21)13-16-26(22,24)4/h8,18,20-24,28-29H,6-7,9-17H2,1-5H3/t20?,21-,22-,23-,24-,25-,26-,27-/m0/s1. The van der Waals surface area contributed by atoms with Crippen LogP contribution in [0.4, 0.5) is 0 Å².